The molecule has 0 aliphatic carbocycles. The normalized spacial score (nSPS) is 10.2. The summed E-state index contributed by atoms with van der Waals surface area (Å²) < 4.78 is 14.4. The van der Waals surface area contributed by atoms with Crippen molar-refractivity contribution in [3.8, 4) is 0 Å². The van der Waals surface area contributed by atoms with Crippen LogP contribution in [0.4, 0.5) is 10.1 Å². The number of nitrogens with one attached hydrogen (secondary N) is 2. The van der Waals surface area contributed by atoms with E-state index in [1.165, 1.54) is 24.3 Å². The first-order chi connectivity index (χ1) is 9.95. The van der Waals surface area contributed by atoms with E-state index in [1.807, 2.05) is 26.0 Å². The number of nitrogens with zero attached hydrogens (tertiary/aromatic N) is 1. The van der Waals surface area contributed by atoms with Crippen LogP contribution in [-0.4, -0.2) is 16.5 Å². The molecule has 2 rings (SSSR count). The molecule has 1 aromatic carbocycles. The number of carbonyl (C=O) groups is 2. The van der Waals surface area contributed by atoms with Crippen molar-refractivity contribution in [3.63, 3.8) is 0 Å². The summed E-state index contributed by atoms with van der Waals surface area (Å²) in [7, 11) is 0. The van der Waals surface area contributed by atoms with Gasteiger partial charge in [-0.15, -0.1) is 0 Å². The van der Waals surface area contributed by atoms with Crippen molar-refractivity contribution in [2.75, 3.05) is 10.7 Å². The Morgan fingerprint density at radius 1 is 1.00 bits per heavy atom. The smallest absolute Gasteiger partial charge is 0.248 e. The Kier molecular flexibility index (Phi) is 4.37. The summed E-state index contributed by atoms with van der Waals surface area (Å²) >= 11 is 0. The van der Waals surface area contributed by atoms with Gasteiger partial charge in [0.15, 0.2) is 0 Å². The van der Waals surface area contributed by atoms with E-state index in [-0.39, 0.29) is 12.2 Å². The third-order valence-electron chi connectivity index (χ3n) is 2.96. The number of halogens is 1. The van der Waals surface area contributed by atoms with E-state index in [0.717, 1.165) is 11.4 Å². The van der Waals surface area contributed by atoms with Gasteiger partial charge in [-0.2, -0.15) is 0 Å². The lowest BCUT2D eigenvalue weighted by atomic mass is 10.3. The van der Waals surface area contributed by atoms with Gasteiger partial charge in [0, 0.05) is 17.1 Å². The molecule has 0 saturated heterocycles. The number of benzene rings is 1. The van der Waals surface area contributed by atoms with Gasteiger partial charge in [-0.3, -0.25) is 19.7 Å². The lowest BCUT2D eigenvalue weighted by Crippen LogP contribution is -2.28. The van der Waals surface area contributed by atoms with Gasteiger partial charge in [-0.05, 0) is 50.2 Å². The molecule has 5 nitrogen and oxygen atoms in total. The Morgan fingerprint density at radius 2 is 1.57 bits per heavy atom. The van der Waals surface area contributed by atoms with E-state index < -0.39 is 11.8 Å². The van der Waals surface area contributed by atoms with Crippen molar-refractivity contribution in [2.24, 2.45) is 0 Å². The molecular formula is C15H16FN3O2. The average molecular weight is 289 g/mol. The first-order valence-electron chi connectivity index (χ1n) is 6.46. The number of aromatic nitrogens is 1. The molecule has 110 valence electrons. The van der Waals surface area contributed by atoms with Crippen LogP contribution >= 0.6 is 0 Å². The van der Waals surface area contributed by atoms with Crippen LogP contribution in [0.1, 0.15) is 17.8 Å². The predicted molar refractivity (Wildman–Crippen MR) is 77.9 cm³/mol. The van der Waals surface area contributed by atoms with Crippen LogP contribution in [0.15, 0.2) is 36.4 Å². The van der Waals surface area contributed by atoms with E-state index in [2.05, 4.69) is 10.7 Å². The summed E-state index contributed by atoms with van der Waals surface area (Å²) in [4.78, 5) is 23.5. The second kappa shape index (κ2) is 6.21. The first kappa shape index (κ1) is 14.8. The molecule has 2 amide bonds. The standard InChI is InChI=1S/C15H16FN3O2/c1-10-3-4-11(2)19(10)18-15(21)9-14(20)17-13-7-5-12(16)6-8-13/h3-8H,9H2,1-2H3,(H,17,20)(H,18,21). The van der Waals surface area contributed by atoms with Gasteiger partial charge in [0.05, 0.1) is 0 Å². The van der Waals surface area contributed by atoms with Gasteiger partial charge < -0.3 is 5.32 Å². The third kappa shape index (κ3) is 3.92. The maximum atomic E-state index is 12.7. The predicted octanol–water partition coefficient (Wildman–Crippen LogP) is 2.34. The molecule has 2 N–H and O–H groups in total. The Hall–Kier alpha value is -2.63. The van der Waals surface area contributed by atoms with Gasteiger partial charge >= 0.3 is 0 Å². The Balaban J connectivity index is 1.90. The number of amides is 2. The second-order valence-electron chi connectivity index (χ2n) is 4.72. The van der Waals surface area contributed by atoms with Crippen LogP contribution in [-0.2, 0) is 9.59 Å². The molecule has 0 atom stereocenters. The molecule has 0 aliphatic heterocycles. The van der Waals surface area contributed by atoms with E-state index >= 15 is 0 Å². The molecule has 0 spiro atoms. The molecule has 21 heavy (non-hydrogen) atoms. The summed E-state index contributed by atoms with van der Waals surface area (Å²) in [5.74, 6) is -1.26. The molecule has 1 aromatic heterocycles. The quantitative estimate of drug-likeness (QED) is 0.849. The minimum atomic E-state index is -0.457. The van der Waals surface area contributed by atoms with Crippen LogP contribution in [0.3, 0.4) is 0 Å². The Bertz CT molecular complexity index is 643. The largest absolute Gasteiger partial charge is 0.326 e. The van der Waals surface area contributed by atoms with Gasteiger partial charge in [0.2, 0.25) is 11.8 Å². The fraction of sp³-hybridized carbons (Fsp3) is 0.200. The molecular weight excluding hydrogens is 273 g/mol. The zero-order chi connectivity index (χ0) is 15.4. The lowest BCUT2D eigenvalue weighted by Gasteiger charge is -2.11. The molecule has 6 heteroatoms. The third-order valence-corrected chi connectivity index (χ3v) is 2.96. The van der Waals surface area contributed by atoms with Crippen molar-refractivity contribution < 1.29 is 14.0 Å². The maximum Gasteiger partial charge on any atom is 0.248 e. The van der Waals surface area contributed by atoms with Crippen molar-refractivity contribution in [2.45, 2.75) is 20.3 Å². The minimum Gasteiger partial charge on any atom is -0.326 e. The van der Waals surface area contributed by atoms with E-state index in [9.17, 15) is 14.0 Å². The van der Waals surface area contributed by atoms with Crippen LogP contribution in [0, 0.1) is 19.7 Å². The van der Waals surface area contributed by atoms with Crippen LogP contribution in [0.2, 0.25) is 0 Å². The van der Waals surface area contributed by atoms with Gasteiger partial charge in [0.25, 0.3) is 0 Å². The molecule has 0 aliphatic rings. The Morgan fingerprint density at radius 3 is 2.14 bits per heavy atom. The van der Waals surface area contributed by atoms with Gasteiger partial charge in [-0.1, -0.05) is 0 Å². The summed E-state index contributed by atoms with van der Waals surface area (Å²) in [6.07, 6.45) is -0.311. The maximum absolute atomic E-state index is 12.7. The van der Waals surface area contributed by atoms with Crippen LogP contribution < -0.4 is 10.7 Å². The van der Waals surface area contributed by atoms with E-state index in [4.69, 9.17) is 0 Å². The lowest BCUT2D eigenvalue weighted by molar-refractivity contribution is -0.124. The highest BCUT2D eigenvalue weighted by molar-refractivity contribution is 6.06. The van der Waals surface area contributed by atoms with Gasteiger partial charge in [-0.25, -0.2) is 4.39 Å². The first-order valence-corrected chi connectivity index (χ1v) is 6.46. The number of rotatable bonds is 4. The van der Waals surface area contributed by atoms with Crippen molar-refractivity contribution in [1.29, 1.82) is 0 Å². The van der Waals surface area contributed by atoms with Crippen LogP contribution in [0.25, 0.3) is 0 Å². The molecule has 2 aromatic rings. The SMILES string of the molecule is Cc1ccc(C)n1NC(=O)CC(=O)Nc1ccc(F)cc1. The minimum absolute atomic E-state index is 0.311. The highest BCUT2D eigenvalue weighted by Gasteiger charge is 2.11. The zero-order valence-electron chi connectivity index (χ0n) is 11.8. The van der Waals surface area contributed by atoms with Gasteiger partial charge in [0.1, 0.15) is 12.2 Å². The van der Waals surface area contributed by atoms with Crippen molar-refractivity contribution in [1.82, 2.24) is 4.68 Å². The highest BCUT2D eigenvalue weighted by atomic mass is 19.1. The molecule has 0 radical (unpaired) electrons. The second-order valence-corrected chi connectivity index (χ2v) is 4.72. The summed E-state index contributed by atoms with van der Waals surface area (Å²) in [6.45, 7) is 3.71. The topological polar surface area (TPSA) is 63.1 Å². The Labute approximate surface area is 121 Å². The summed E-state index contributed by atoms with van der Waals surface area (Å²) in [6, 6.07) is 9.09. The zero-order valence-corrected chi connectivity index (χ0v) is 11.8. The number of aryl methyl sites for hydroxylation is 2. The molecule has 1 heterocycles. The summed E-state index contributed by atoms with van der Waals surface area (Å²) in [5.41, 5.74) is 4.84. The van der Waals surface area contributed by atoms with Crippen molar-refractivity contribution in [3.05, 3.63) is 53.6 Å². The monoisotopic (exact) mass is 289 g/mol. The van der Waals surface area contributed by atoms with E-state index in [0.29, 0.717) is 5.69 Å². The van der Waals surface area contributed by atoms with Crippen LogP contribution in [0.5, 0.6) is 0 Å². The van der Waals surface area contributed by atoms with E-state index in [1.54, 1.807) is 4.68 Å². The number of hydrogen-bond donors (Lipinski definition) is 2. The molecule has 0 unspecified atom stereocenters. The fourth-order valence-corrected chi connectivity index (χ4v) is 1.89. The molecule has 0 saturated carbocycles. The summed E-state index contributed by atoms with van der Waals surface area (Å²) in [5, 5.41) is 2.53. The number of hydrogen-bond acceptors (Lipinski definition) is 2. The molecule has 0 fully saturated rings. The number of carbonyl (C=O) groups excluding carboxylic acids is 2. The molecule has 0 bridgehead atoms. The highest BCUT2D eigenvalue weighted by Crippen LogP contribution is 2.09. The van der Waals surface area contributed by atoms with Crippen molar-refractivity contribution >= 4 is 17.5 Å². The average Bonchev–Trinajstić information content (AvgIpc) is 2.73. The fourth-order valence-electron chi connectivity index (χ4n) is 1.89. The number of anilines is 1.